The van der Waals surface area contributed by atoms with Crippen LogP contribution in [-0.4, -0.2) is 70.4 Å². The van der Waals surface area contributed by atoms with Crippen LogP contribution in [0, 0.1) is 0 Å². The zero-order valence-corrected chi connectivity index (χ0v) is 21.3. The van der Waals surface area contributed by atoms with Crippen molar-refractivity contribution in [2.24, 2.45) is 0 Å². The van der Waals surface area contributed by atoms with Gasteiger partial charge in [0.25, 0.3) is 11.7 Å². The van der Waals surface area contributed by atoms with Gasteiger partial charge >= 0.3 is 0 Å². The minimum Gasteiger partial charge on any atom is -0.507 e. The Bertz CT molecular complexity index is 1180. The van der Waals surface area contributed by atoms with Crippen LogP contribution in [0.4, 0.5) is 0 Å². The van der Waals surface area contributed by atoms with Gasteiger partial charge in [-0.05, 0) is 23.8 Å². The molecule has 1 aliphatic rings. The molecule has 0 bridgehead atoms. The predicted molar refractivity (Wildman–Crippen MR) is 130 cm³/mol. The van der Waals surface area contributed by atoms with Crippen LogP contribution in [0.5, 0.6) is 23.0 Å². The third-order valence-electron chi connectivity index (χ3n) is 5.59. The summed E-state index contributed by atoms with van der Waals surface area (Å²) in [4.78, 5) is 27.6. The summed E-state index contributed by atoms with van der Waals surface area (Å²) < 4.78 is 26.4. The van der Waals surface area contributed by atoms with Gasteiger partial charge in [0, 0.05) is 13.7 Å². The average molecular weight is 526 g/mol. The molecule has 3 rings (SSSR count). The predicted octanol–water partition coefficient (Wildman–Crippen LogP) is 4.10. The van der Waals surface area contributed by atoms with Crippen LogP contribution in [0.3, 0.4) is 0 Å². The van der Waals surface area contributed by atoms with E-state index in [1.165, 1.54) is 46.5 Å². The van der Waals surface area contributed by atoms with Crippen molar-refractivity contribution in [2.75, 3.05) is 48.7 Å². The molecule has 1 saturated heterocycles. The van der Waals surface area contributed by atoms with Crippen LogP contribution >= 0.6 is 23.2 Å². The Morgan fingerprint density at radius 3 is 2.17 bits per heavy atom. The maximum Gasteiger partial charge on any atom is 0.295 e. The lowest BCUT2D eigenvalue weighted by atomic mass is 9.94. The Kier molecular flexibility index (Phi) is 8.37. The number of likely N-dealkylation sites (tertiary alicyclic amines) is 1. The van der Waals surface area contributed by atoms with Crippen molar-refractivity contribution in [3.05, 3.63) is 51.0 Å². The third kappa shape index (κ3) is 4.71. The first-order valence-electron chi connectivity index (χ1n) is 10.3. The highest BCUT2D eigenvalue weighted by Gasteiger charge is 2.46. The summed E-state index contributed by atoms with van der Waals surface area (Å²) in [5, 5.41) is 11.5. The molecule has 0 spiro atoms. The Morgan fingerprint density at radius 2 is 1.60 bits per heavy atom. The van der Waals surface area contributed by atoms with Gasteiger partial charge in [-0.1, -0.05) is 29.3 Å². The molecule has 0 radical (unpaired) electrons. The van der Waals surface area contributed by atoms with Gasteiger partial charge in [-0.25, -0.2) is 0 Å². The van der Waals surface area contributed by atoms with E-state index in [0.717, 1.165) is 0 Å². The Morgan fingerprint density at radius 1 is 0.943 bits per heavy atom. The number of methoxy groups -OCH3 is 5. The van der Waals surface area contributed by atoms with E-state index < -0.39 is 23.5 Å². The van der Waals surface area contributed by atoms with Crippen molar-refractivity contribution >= 4 is 40.7 Å². The molecule has 1 N–H and O–H groups in total. The molecule has 1 heterocycles. The number of aliphatic hydroxyl groups is 1. The summed E-state index contributed by atoms with van der Waals surface area (Å²) in [6.45, 7) is 0.262. The van der Waals surface area contributed by atoms with Gasteiger partial charge in [-0.3, -0.25) is 9.59 Å². The van der Waals surface area contributed by atoms with E-state index >= 15 is 0 Å². The Hall–Kier alpha value is -3.14. The molecule has 9 nitrogen and oxygen atoms in total. The number of benzene rings is 2. The standard InChI is InChI=1S/C24H25Cl2NO8/c1-31-9-8-27-19(12-6-7-15(32-2)16(10-12)33-3)17(21(29)24(27)30)20(28)13-11-14(25)23(35-5)18(26)22(13)34-4/h6-7,10-11,19,28H,8-9H2,1-5H3/b20-17+. The van der Waals surface area contributed by atoms with Crippen molar-refractivity contribution in [1.29, 1.82) is 0 Å². The maximum atomic E-state index is 13.2. The molecular weight excluding hydrogens is 501 g/mol. The topological polar surface area (TPSA) is 104 Å². The number of carbonyl (C=O) groups is 2. The minimum absolute atomic E-state index is 0.000304. The van der Waals surface area contributed by atoms with Gasteiger partial charge in [0.15, 0.2) is 23.0 Å². The fraction of sp³-hybridized carbons (Fsp3) is 0.333. The van der Waals surface area contributed by atoms with Crippen LogP contribution in [0.25, 0.3) is 5.76 Å². The fourth-order valence-electron chi connectivity index (χ4n) is 3.96. The van der Waals surface area contributed by atoms with E-state index in [4.69, 9.17) is 46.9 Å². The highest BCUT2D eigenvalue weighted by Crippen LogP contribution is 2.47. The Labute approximate surface area is 212 Å². The number of ketones is 1. The van der Waals surface area contributed by atoms with Crippen molar-refractivity contribution in [3.63, 3.8) is 0 Å². The van der Waals surface area contributed by atoms with Crippen molar-refractivity contribution < 1.29 is 38.4 Å². The van der Waals surface area contributed by atoms with Crippen molar-refractivity contribution in [1.82, 2.24) is 4.90 Å². The number of carbonyl (C=O) groups excluding carboxylic acids is 2. The molecule has 1 atom stereocenters. The lowest BCUT2D eigenvalue weighted by Gasteiger charge is -2.26. The quantitative estimate of drug-likeness (QED) is 0.296. The van der Waals surface area contributed by atoms with Gasteiger partial charge in [0.1, 0.15) is 10.8 Å². The number of nitrogens with zero attached hydrogens (tertiary/aromatic N) is 1. The first-order chi connectivity index (χ1) is 16.7. The molecule has 188 valence electrons. The van der Waals surface area contributed by atoms with Crippen LogP contribution in [0.1, 0.15) is 17.2 Å². The molecule has 35 heavy (non-hydrogen) atoms. The second kappa shape index (κ2) is 11.1. The molecule has 0 aromatic heterocycles. The first-order valence-corrected chi connectivity index (χ1v) is 11.1. The van der Waals surface area contributed by atoms with Crippen LogP contribution in [-0.2, 0) is 14.3 Å². The maximum absolute atomic E-state index is 13.2. The van der Waals surface area contributed by atoms with Crippen molar-refractivity contribution in [2.45, 2.75) is 6.04 Å². The molecular formula is C24H25Cl2NO8. The summed E-state index contributed by atoms with van der Waals surface area (Å²) in [5.74, 6) is -1.18. The van der Waals surface area contributed by atoms with Crippen LogP contribution < -0.4 is 18.9 Å². The van der Waals surface area contributed by atoms with E-state index in [1.807, 2.05) is 0 Å². The summed E-state index contributed by atoms with van der Waals surface area (Å²) in [6.07, 6.45) is 0. The van der Waals surface area contributed by atoms with Gasteiger partial charge in [0.2, 0.25) is 0 Å². The summed E-state index contributed by atoms with van der Waals surface area (Å²) in [5.41, 5.74) is 0.358. The Balaban J connectivity index is 2.31. The van der Waals surface area contributed by atoms with E-state index in [2.05, 4.69) is 0 Å². The van der Waals surface area contributed by atoms with Gasteiger partial charge in [-0.15, -0.1) is 0 Å². The number of hydrogen-bond donors (Lipinski definition) is 1. The number of amides is 1. The highest BCUT2D eigenvalue weighted by molar-refractivity contribution is 6.47. The van der Waals surface area contributed by atoms with Crippen molar-refractivity contribution in [3.8, 4) is 23.0 Å². The minimum atomic E-state index is -0.964. The summed E-state index contributed by atoms with van der Waals surface area (Å²) in [6, 6.07) is 5.35. The largest absolute Gasteiger partial charge is 0.507 e. The molecule has 1 aliphatic heterocycles. The van der Waals surface area contributed by atoms with E-state index in [9.17, 15) is 14.7 Å². The summed E-state index contributed by atoms with van der Waals surface area (Å²) >= 11 is 12.7. The van der Waals surface area contributed by atoms with E-state index in [1.54, 1.807) is 18.2 Å². The van der Waals surface area contributed by atoms with Crippen LogP contribution in [0.15, 0.2) is 29.8 Å². The molecule has 0 aliphatic carbocycles. The summed E-state index contributed by atoms with van der Waals surface area (Å²) in [7, 11) is 7.16. The highest BCUT2D eigenvalue weighted by atomic mass is 35.5. The number of aliphatic hydroxyl groups excluding tert-OH is 1. The number of halogens is 2. The van der Waals surface area contributed by atoms with E-state index in [-0.39, 0.29) is 45.8 Å². The van der Waals surface area contributed by atoms with Gasteiger partial charge < -0.3 is 33.7 Å². The monoisotopic (exact) mass is 525 g/mol. The second-order valence-electron chi connectivity index (χ2n) is 7.39. The van der Waals surface area contributed by atoms with Crippen LogP contribution in [0.2, 0.25) is 10.0 Å². The fourth-order valence-corrected chi connectivity index (χ4v) is 4.65. The zero-order chi connectivity index (χ0) is 25.9. The third-order valence-corrected chi connectivity index (χ3v) is 6.22. The van der Waals surface area contributed by atoms with E-state index in [0.29, 0.717) is 17.1 Å². The molecule has 1 amide bonds. The molecule has 0 saturated carbocycles. The molecule has 1 unspecified atom stereocenters. The van der Waals surface area contributed by atoms with Gasteiger partial charge in [-0.2, -0.15) is 0 Å². The smallest absolute Gasteiger partial charge is 0.295 e. The second-order valence-corrected chi connectivity index (χ2v) is 8.17. The zero-order valence-electron chi connectivity index (χ0n) is 19.8. The molecule has 11 heteroatoms. The number of Topliss-reactive ketones (excluding diaryl/α,β-unsaturated/α-hetero) is 1. The first kappa shape index (κ1) is 26.5. The number of hydrogen-bond acceptors (Lipinski definition) is 8. The lowest BCUT2D eigenvalue weighted by molar-refractivity contribution is -0.140. The average Bonchev–Trinajstić information content (AvgIpc) is 3.11. The molecule has 2 aromatic rings. The van der Waals surface area contributed by atoms with Gasteiger partial charge in [0.05, 0.1) is 57.2 Å². The number of ether oxygens (including phenoxy) is 5. The molecule has 2 aromatic carbocycles. The normalized spacial score (nSPS) is 17.0. The molecule has 1 fully saturated rings. The number of rotatable bonds is 9. The SMILES string of the molecule is COCCN1C(=O)C(=O)/C(=C(/O)c2cc(Cl)c(OC)c(Cl)c2OC)C1c1ccc(OC)c(OC)c1. The lowest BCUT2D eigenvalue weighted by Crippen LogP contribution is -2.32.